The fourth-order valence-electron chi connectivity index (χ4n) is 4.37. The van der Waals surface area contributed by atoms with E-state index in [0.29, 0.717) is 30.5 Å². The van der Waals surface area contributed by atoms with Crippen molar-refractivity contribution in [2.75, 3.05) is 25.0 Å². The van der Waals surface area contributed by atoms with Crippen molar-refractivity contribution in [3.63, 3.8) is 0 Å². The van der Waals surface area contributed by atoms with Gasteiger partial charge in [0.25, 0.3) is 0 Å². The van der Waals surface area contributed by atoms with E-state index in [1.54, 1.807) is 19.2 Å². The molecule has 0 saturated heterocycles. The molecule has 0 spiro atoms. The molecule has 5 rings (SSSR count). The molecule has 0 bridgehead atoms. The zero-order valence-corrected chi connectivity index (χ0v) is 19.4. The van der Waals surface area contributed by atoms with Gasteiger partial charge in [-0.25, -0.2) is 8.42 Å². The molecule has 33 heavy (non-hydrogen) atoms. The van der Waals surface area contributed by atoms with Crippen LogP contribution in [0.15, 0.2) is 42.5 Å². The van der Waals surface area contributed by atoms with Crippen LogP contribution in [0.3, 0.4) is 0 Å². The summed E-state index contributed by atoms with van der Waals surface area (Å²) in [6, 6.07) is 15.9. The molecular formula is C25H27N3O4S. The van der Waals surface area contributed by atoms with E-state index in [4.69, 9.17) is 9.47 Å². The minimum absolute atomic E-state index is 0.274. The van der Waals surface area contributed by atoms with Crippen molar-refractivity contribution in [1.29, 1.82) is 5.26 Å². The number of ether oxygens (including phenoxy) is 2. The quantitative estimate of drug-likeness (QED) is 0.457. The fourth-order valence-corrected chi connectivity index (χ4v) is 5.75. The Morgan fingerprint density at radius 2 is 1.85 bits per heavy atom. The summed E-state index contributed by atoms with van der Waals surface area (Å²) in [7, 11) is -1.67. The van der Waals surface area contributed by atoms with Gasteiger partial charge in [0.05, 0.1) is 28.6 Å². The van der Waals surface area contributed by atoms with Crippen LogP contribution in [-0.4, -0.2) is 38.6 Å². The number of fused-ring (bicyclic) bond motifs is 1. The third-order valence-electron chi connectivity index (χ3n) is 6.47. The molecule has 0 unspecified atom stereocenters. The maximum Gasteiger partial charge on any atom is 0.235 e. The Morgan fingerprint density at radius 1 is 1.09 bits per heavy atom. The molecule has 8 heteroatoms. The SMILES string of the molecule is COCCOc1ccc2c(C#N)c(-c3ccc(NS(=O)(=O)C4CC4)cc3)n(C3CCC3)c2c1. The zero-order valence-electron chi connectivity index (χ0n) is 18.6. The molecule has 2 aliphatic carbocycles. The van der Waals surface area contributed by atoms with Gasteiger partial charge in [-0.05, 0) is 61.9 Å². The number of anilines is 1. The predicted molar refractivity (Wildman–Crippen MR) is 128 cm³/mol. The fraction of sp³-hybridized carbons (Fsp3) is 0.400. The Labute approximate surface area is 194 Å². The van der Waals surface area contributed by atoms with E-state index >= 15 is 0 Å². The van der Waals surface area contributed by atoms with E-state index in [2.05, 4.69) is 15.4 Å². The van der Waals surface area contributed by atoms with E-state index in [0.717, 1.165) is 60.0 Å². The average molecular weight is 466 g/mol. The Morgan fingerprint density at radius 3 is 2.45 bits per heavy atom. The number of rotatable bonds is 9. The summed E-state index contributed by atoms with van der Waals surface area (Å²) in [6.45, 7) is 0.968. The molecular weight excluding hydrogens is 438 g/mol. The third kappa shape index (κ3) is 4.19. The van der Waals surface area contributed by atoms with E-state index in [-0.39, 0.29) is 5.25 Å². The molecule has 0 radical (unpaired) electrons. The minimum atomic E-state index is -3.31. The van der Waals surface area contributed by atoms with Gasteiger partial charge in [-0.3, -0.25) is 4.72 Å². The summed E-state index contributed by atoms with van der Waals surface area (Å²) in [6.07, 6.45) is 4.73. The van der Waals surface area contributed by atoms with Crippen molar-refractivity contribution in [2.45, 2.75) is 43.4 Å². The van der Waals surface area contributed by atoms with Crippen LogP contribution in [0.4, 0.5) is 5.69 Å². The van der Waals surface area contributed by atoms with Gasteiger partial charge in [0.1, 0.15) is 18.4 Å². The number of methoxy groups -OCH3 is 1. The average Bonchev–Trinajstić information content (AvgIpc) is 3.58. The van der Waals surface area contributed by atoms with Crippen LogP contribution in [0.1, 0.15) is 43.7 Å². The summed E-state index contributed by atoms with van der Waals surface area (Å²) in [4.78, 5) is 0. The highest BCUT2D eigenvalue weighted by Crippen LogP contribution is 2.43. The lowest BCUT2D eigenvalue weighted by Gasteiger charge is -2.30. The van der Waals surface area contributed by atoms with Crippen molar-refractivity contribution in [1.82, 2.24) is 4.57 Å². The van der Waals surface area contributed by atoms with Gasteiger partial charge in [0.15, 0.2) is 0 Å². The van der Waals surface area contributed by atoms with Gasteiger partial charge in [-0.2, -0.15) is 5.26 Å². The van der Waals surface area contributed by atoms with Gasteiger partial charge in [-0.15, -0.1) is 0 Å². The summed E-state index contributed by atoms with van der Waals surface area (Å²) < 4.78 is 40.4. The van der Waals surface area contributed by atoms with Crippen LogP contribution in [-0.2, 0) is 14.8 Å². The largest absolute Gasteiger partial charge is 0.491 e. The predicted octanol–water partition coefficient (Wildman–Crippen LogP) is 4.83. The van der Waals surface area contributed by atoms with E-state index in [1.165, 1.54) is 0 Å². The zero-order chi connectivity index (χ0) is 23.0. The number of nitriles is 1. The number of sulfonamides is 1. The number of hydrogen-bond acceptors (Lipinski definition) is 5. The lowest BCUT2D eigenvalue weighted by atomic mass is 9.92. The third-order valence-corrected chi connectivity index (χ3v) is 8.33. The van der Waals surface area contributed by atoms with E-state index < -0.39 is 10.0 Å². The molecule has 0 amide bonds. The van der Waals surface area contributed by atoms with Gasteiger partial charge in [0, 0.05) is 30.3 Å². The van der Waals surface area contributed by atoms with Gasteiger partial charge >= 0.3 is 0 Å². The normalized spacial score (nSPS) is 16.4. The van der Waals surface area contributed by atoms with Gasteiger partial charge in [-0.1, -0.05) is 12.1 Å². The first-order chi connectivity index (χ1) is 16.0. The number of hydrogen-bond donors (Lipinski definition) is 1. The van der Waals surface area contributed by atoms with Crippen molar-refractivity contribution >= 4 is 26.6 Å². The molecule has 2 fully saturated rings. The molecule has 1 heterocycles. The van der Waals surface area contributed by atoms with Crippen molar-refractivity contribution in [3.8, 4) is 23.1 Å². The van der Waals surface area contributed by atoms with Gasteiger partial charge in [0.2, 0.25) is 10.0 Å². The van der Waals surface area contributed by atoms with Crippen molar-refractivity contribution in [2.24, 2.45) is 0 Å². The Bertz CT molecular complexity index is 1310. The molecule has 2 saturated carbocycles. The lowest BCUT2D eigenvalue weighted by Crippen LogP contribution is -2.18. The lowest BCUT2D eigenvalue weighted by molar-refractivity contribution is 0.146. The van der Waals surface area contributed by atoms with Crippen molar-refractivity contribution < 1.29 is 17.9 Å². The highest BCUT2D eigenvalue weighted by atomic mass is 32.2. The Kier molecular flexibility index (Phi) is 5.77. The topological polar surface area (TPSA) is 93.3 Å². The first-order valence-electron chi connectivity index (χ1n) is 11.3. The molecule has 2 aromatic carbocycles. The smallest absolute Gasteiger partial charge is 0.235 e. The van der Waals surface area contributed by atoms with E-state index in [9.17, 15) is 13.7 Å². The number of benzene rings is 2. The summed E-state index contributed by atoms with van der Waals surface area (Å²) in [5.74, 6) is 0.749. The van der Waals surface area contributed by atoms with Crippen LogP contribution in [0.25, 0.3) is 22.2 Å². The molecule has 3 aromatic rings. The molecule has 2 aliphatic rings. The standard InChI is InChI=1S/C25H27N3O4S/c1-31-13-14-32-20-9-12-22-23(16-26)25(28(24(22)15-20)19-3-2-4-19)17-5-7-18(8-6-17)27-33(29,30)21-10-11-21/h5-9,12,15,19,21,27H,2-4,10-11,13-14H2,1H3. The summed E-state index contributed by atoms with van der Waals surface area (Å²) >= 11 is 0. The molecule has 0 aliphatic heterocycles. The monoisotopic (exact) mass is 465 g/mol. The molecule has 172 valence electrons. The first kappa shape index (κ1) is 21.8. The molecule has 0 atom stereocenters. The second-order valence-corrected chi connectivity index (χ2v) is 10.7. The molecule has 1 N–H and O–H groups in total. The first-order valence-corrected chi connectivity index (χ1v) is 12.9. The highest BCUT2D eigenvalue weighted by Gasteiger charge is 2.35. The maximum atomic E-state index is 12.3. The van der Waals surface area contributed by atoms with Gasteiger partial charge < -0.3 is 14.0 Å². The maximum absolute atomic E-state index is 12.3. The van der Waals surface area contributed by atoms with Crippen LogP contribution < -0.4 is 9.46 Å². The summed E-state index contributed by atoms with van der Waals surface area (Å²) in [5, 5.41) is 10.7. The molecule has 7 nitrogen and oxygen atoms in total. The molecule has 1 aromatic heterocycles. The van der Waals surface area contributed by atoms with Crippen LogP contribution in [0.2, 0.25) is 0 Å². The Balaban J connectivity index is 1.55. The summed E-state index contributed by atoms with van der Waals surface area (Å²) in [5.41, 5.74) is 3.93. The number of nitrogens with zero attached hydrogens (tertiary/aromatic N) is 2. The Hall–Kier alpha value is -3.02. The highest BCUT2D eigenvalue weighted by molar-refractivity contribution is 7.93. The number of nitrogens with one attached hydrogen (secondary N) is 1. The second kappa shape index (κ2) is 8.73. The van der Waals surface area contributed by atoms with E-state index in [1.807, 2.05) is 30.3 Å². The number of aromatic nitrogens is 1. The second-order valence-electron chi connectivity index (χ2n) is 8.73. The van der Waals surface area contributed by atoms with Crippen LogP contribution >= 0.6 is 0 Å². The van der Waals surface area contributed by atoms with Crippen LogP contribution in [0, 0.1) is 11.3 Å². The van der Waals surface area contributed by atoms with Crippen LogP contribution in [0.5, 0.6) is 5.75 Å². The minimum Gasteiger partial charge on any atom is -0.491 e. The van der Waals surface area contributed by atoms with Crippen molar-refractivity contribution in [3.05, 3.63) is 48.0 Å².